The second-order valence-corrected chi connectivity index (χ2v) is 9.81. The Morgan fingerprint density at radius 1 is 1.03 bits per heavy atom. The maximum Gasteiger partial charge on any atom is 0.409 e. The number of carbonyl (C=O) groups excluding carboxylic acids is 3. The van der Waals surface area contributed by atoms with E-state index in [4.69, 9.17) is 4.74 Å². The summed E-state index contributed by atoms with van der Waals surface area (Å²) in [6.07, 6.45) is 0.852. The van der Waals surface area contributed by atoms with Crippen LogP contribution in [0.25, 0.3) is 0 Å². The van der Waals surface area contributed by atoms with Gasteiger partial charge in [-0.05, 0) is 38.0 Å². The van der Waals surface area contributed by atoms with Crippen LogP contribution in [-0.4, -0.2) is 92.3 Å². The number of rotatable bonds is 5. The molecule has 0 aliphatic carbocycles. The Morgan fingerprint density at radius 3 is 2.28 bits per heavy atom. The van der Waals surface area contributed by atoms with Crippen LogP contribution in [0.2, 0.25) is 0 Å². The minimum absolute atomic E-state index is 0.0542. The monoisotopic (exact) mass is 466 g/mol. The topological polar surface area (TPSA) is 116 Å². The van der Waals surface area contributed by atoms with Gasteiger partial charge in [0.15, 0.2) is 0 Å². The molecule has 176 valence electrons. The third-order valence-corrected chi connectivity index (χ3v) is 7.67. The number of amides is 3. The van der Waals surface area contributed by atoms with Gasteiger partial charge < -0.3 is 19.9 Å². The van der Waals surface area contributed by atoms with Crippen LogP contribution in [0.15, 0.2) is 29.2 Å². The zero-order valence-corrected chi connectivity index (χ0v) is 19.3. The van der Waals surface area contributed by atoms with Crippen LogP contribution in [0.4, 0.5) is 4.79 Å². The van der Waals surface area contributed by atoms with Crippen molar-refractivity contribution in [2.75, 3.05) is 45.9 Å². The fourth-order valence-electron chi connectivity index (χ4n) is 3.88. The molecule has 2 heterocycles. The van der Waals surface area contributed by atoms with Crippen molar-refractivity contribution in [1.82, 2.24) is 19.4 Å². The molecule has 0 atom stereocenters. The molecule has 2 aliphatic heterocycles. The number of piperazine rings is 1. The molecule has 3 rings (SSSR count). The van der Waals surface area contributed by atoms with Gasteiger partial charge in [0.1, 0.15) is 0 Å². The summed E-state index contributed by atoms with van der Waals surface area (Å²) in [5, 5.41) is 2.93. The van der Waals surface area contributed by atoms with Gasteiger partial charge in [0.2, 0.25) is 15.9 Å². The molecule has 0 radical (unpaired) electrons. The molecule has 10 nitrogen and oxygen atoms in total. The first-order valence-electron chi connectivity index (χ1n) is 10.8. The first-order chi connectivity index (χ1) is 15.2. The molecule has 0 aromatic heterocycles. The van der Waals surface area contributed by atoms with Gasteiger partial charge in [-0.15, -0.1) is 0 Å². The molecule has 0 saturated carbocycles. The lowest BCUT2D eigenvalue weighted by atomic mass is 10.0. The highest BCUT2D eigenvalue weighted by Gasteiger charge is 2.30. The molecule has 1 aromatic rings. The minimum atomic E-state index is -3.77. The van der Waals surface area contributed by atoms with E-state index < -0.39 is 10.0 Å². The SMILES string of the molecule is CCOC(=O)N1CCC(NC(=O)c2cccc(S(=O)(=O)N3CCN(C(C)=O)CC3)c2)CC1. The number of benzene rings is 1. The summed E-state index contributed by atoms with van der Waals surface area (Å²) in [5.74, 6) is -0.424. The van der Waals surface area contributed by atoms with Crippen molar-refractivity contribution in [2.24, 2.45) is 0 Å². The van der Waals surface area contributed by atoms with E-state index in [0.29, 0.717) is 45.6 Å². The Hall–Kier alpha value is -2.66. The van der Waals surface area contributed by atoms with E-state index in [-0.39, 0.29) is 47.5 Å². The van der Waals surface area contributed by atoms with Gasteiger partial charge >= 0.3 is 6.09 Å². The van der Waals surface area contributed by atoms with E-state index in [1.54, 1.807) is 28.9 Å². The van der Waals surface area contributed by atoms with E-state index in [1.807, 2.05) is 0 Å². The lowest BCUT2D eigenvalue weighted by Crippen LogP contribution is -2.50. The van der Waals surface area contributed by atoms with E-state index in [0.717, 1.165) is 0 Å². The average molecular weight is 467 g/mol. The van der Waals surface area contributed by atoms with Crippen LogP contribution in [0.5, 0.6) is 0 Å². The average Bonchev–Trinajstić information content (AvgIpc) is 2.80. The molecule has 11 heteroatoms. The molecule has 2 fully saturated rings. The van der Waals surface area contributed by atoms with Crippen molar-refractivity contribution in [3.05, 3.63) is 29.8 Å². The molecule has 2 aliphatic rings. The molecule has 0 bridgehead atoms. The quantitative estimate of drug-likeness (QED) is 0.689. The van der Waals surface area contributed by atoms with Gasteiger partial charge in [0, 0.05) is 57.8 Å². The van der Waals surface area contributed by atoms with Crippen LogP contribution < -0.4 is 5.32 Å². The predicted molar refractivity (Wildman–Crippen MR) is 117 cm³/mol. The van der Waals surface area contributed by atoms with Crippen molar-refractivity contribution in [1.29, 1.82) is 0 Å². The summed E-state index contributed by atoms with van der Waals surface area (Å²) in [6.45, 7) is 5.65. The summed E-state index contributed by atoms with van der Waals surface area (Å²) in [6, 6.07) is 5.89. The maximum absolute atomic E-state index is 13.0. The number of hydrogen-bond donors (Lipinski definition) is 1. The lowest BCUT2D eigenvalue weighted by molar-refractivity contribution is -0.129. The molecule has 1 N–H and O–H groups in total. The predicted octanol–water partition coefficient (Wildman–Crippen LogP) is 0.890. The first-order valence-corrected chi connectivity index (χ1v) is 12.2. The van der Waals surface area contributed by atoms with Crippen LogP contribution in [0.1, 0.15) is 37.0 Å². The van der Waals surface area contributed by atoms with Crippen molar-refractivity contribution in [2.45, 2.75) is 37.6 Å². The Kier molecular flexibility index (Phi) is 7.73. The standard InChI is InChI=1S/C21H30N4O6S/c1-3-31-21(28)24-9-7-18(8-10-24)22-20(27)17-5-4-6-19(15-17)32(29,30)25-13-11-23(12-14-25)16(2)26/h4-6,15,18H,3,7-14H2,1-2H3,(H,22,27). The summed E-state index contributed by atoms with van der Waals surface area (Å²) in [4.78, 5) is 39.3. The number of nitrogens with one attached hydrogen (secondary N) is 1. The second kappa shape index (κ2) is 10.3. The molecule has 1 aromatic carbocycles. The fraction of sp³-hybridized carbons (Fsp3) is 0.571. The summed E-state index contributed by atoms with van der Waals surface area (Å²) in [7, 11) is -3.77. The lowest BCUT2D eigenvalue weighted by Gasteiger charge is -2.33. The van der Waals surface area contributed by atoms with Crippen LogP contribution in [-0.2, 0) is 19.6 Å². The fourth-order valence-corrected chi connectivity index (χ4v) is 5.35. The van der Waals surface area contributed by atoms with E-state index in [2.05, 4.69) is 5.32 Å². The molecular weight excluding hydrogens is 436 g/mol. The molecule has 0 spiro atoms. The normalized spacial score (nSPS) is 18.3. The Labute approximate surface area is 188 Å². The Morgan fingerprint density at radius 2 is 1.69 bits per heavy atom. The number of hydrogen-bond acceptors (Lipinski definition) is 6. The van der Waals surface area contributed by atoms with E-state index >= 15 is 0 Å². The first kappa shape index (κ1) is 24.0. The largest absolute Gasteiger partial charge is 0.450 e. The molecule has 0 unspecified atom stereocenters. The number of piperidine rings is 1. The van der Waals surface area contributed by atoms with Gasteiger partial charge in [-0.25, -0.2) is 13.2 Å². The number of carbonyl (C=O) groups is 3. The van der Waals surface area contributed by atoms with E-state index in [9.17, 15) is 22.8 Å². The molecule has 32 heavy (non-hydrogen) atoms. The highest BCUT2D eigenvalue weighted by Crippen LogP contribution is 2.20. The third kappa shape index (κ3) is 5.57. The minimum Gasteiger partial charge on any atom is -0.450 e. The van der Waals surface area contributed by atoms with Gasteiger partial charge in [0.25, 0.3) is 5.91 Å². The number of nitrogens with zero attached hydrogens (tertiary/aromatic N) is 3. The van der Waals surface area contributed by atoms with Crippen LogP contribution in [0.3, 0.4) is 0 Å². The summed E-state index contributed by atoms with van der Waals surface area (Å²) >= 11 is 0. The number of ether oxygens (including phenoxy) is 1. The van der Waals surface area contributed by atoms with Crippen molar-refractivity contribution < 1.29 is 27.5 Å². The van der Waals surface area contributed by atoms with Gasteiger partial charge in [-0.1, -0.05) is 6.07 Å². The zero-order chi connectivity index (χ0) is 23.3. The molecular formula is C21H30N4O6S. The second-order valence-electron chi connectivity index (χ2n) is 7.87. The zero-order valence-electron chi connectivity index (χ0n) is 18.5. The Bertz CT molecular complexity index is 951. The highest BCUT2D eigenvalue weighted by molar-refractivity contribution is 7.89. The maximum atomic E-state index is 13.0. The number of sulfonamides is 1. The van der Waals surface area contributed by atoms with Crippen molar-refractivity contribution in [3.8, 4) is 0 Å². The van der Waals surface area contributed by atoms with Crippen molar-refractivity contribution in [3.63, 3.8) is 0 Å². The van der Waals surface area contributed by atoms with Gasteiger partial charge in [-0.3, -0.25) is 9.59 Å². The van der Waals surface area contributed by atoms with Crippen LogP contribution in [0, 0.1) is 0 Å². The van der Waals surface area contributed by atoms with E-state index in [1.165, 1.54) is 23.4 Å². The highest BCUT2D eigenvalue weighted by atomic mass is 32.2. The van der Waals surface area contributed by atoms with Gasteiger partial charge in [-0.2, -0.15) is 4.31 Å². The third-order valence-electron chi connectivity index (χ3n) is 5.77. The molecule has 3 amide bonds. The smallest absolute Gasteiger partial charge is 0.409 e. The summed E-state index contributed by atoms with van der Waals surface area (Å²) < 4.78 is 32.4. The molecule has 2 saturated heterocycles. The number of likely N-dealkylation sites (tertiary alicyclic amines) is 1. The summed E-state index contributed by atoms with van der Waals surface area (Å²) in [5.41, 5.74) is 0.265. The van der Waals surface area contributed by atoms with Crippen molar-refractivity contribution >= 4 is 27.9 Å². The Balaban J connectivity index is 1.60. The van der Waals surface area contributed by atoms with Gasteiger partial charge in [0.05, 0.1) is 11.5 Å². The van der Waals surface area contributed by atoms with Crippen LogP contribution >= 0.6 is 0 Å².